The Kier molecular flexibility index (Phi) is 2.69. The molecule has 0 spiro atoms. The molecule has 0 radical (unpaired) electrons. The van der Waals surface area contributed by atoms with Gasteiger partial charge in [-0.2, -0.15) is 0 Å². The van der Waals surface area contributed by atoms with Gasteiger partial charge in [0.2, 0.25) is 0 Å². The van der Waals surface area contributed by atoms with Crippen LogP contribution in [0.4, 0.5) is 0 Å². The van der Waals surface area contributed by atoms with Gasteiger partial charge in [-0.15, -0.1) is 0 Å². The zero-order valence-electron chi connectivity index (χ0n) is 11.8. The van der Waals surface area contributed by atoms with Crippen LogP contribution in [0.15, 0.2) is 30.5 Å². The number of imidazole rings is 1. The minimum absolute atomic E-state index is 1.06. The van der Waals surface area contributed by atoms with Crippen LogP contribution in [0.3, 0.4) is 0 Å². The molecule has 0 saturated carbocycles. The lowest BCUT2D eigenvalue weighted by molar-refractivity contribution is 0.314. The van der Waals surface area contributed by atoms with Crippen molar-refractivity contribution >= 4 is 16.3 Å². The van der Waals surface area contributed by atoms with Crippen LogP contribution in [0.2, 0.25) is 0 Å². The molecule has 1 aliphatic heterocycles. The van der Waals surface area contributed by atoms with Gasteiger partial charge < -0.3 is 4.90 Å². The number of rotatable bonds is 1. The summed E-state index contributed by atoms with van der Waals surface area (Å²) in [6.07, 6.45) is 3.32. The maximum atomic E-state index is 4.81. The average molecular weight is 283 g/mol. The molecule has 1 aromatic carbocycles. The Labute approximate surface area is 122 Å². The first-order valence-electron chi connectivity index (χ1n) is 6.96. The van der Waals surface area contributed by atoms with Crippen LogP contribution in [-0.2, 0) is 13.0 Å². The molecule has 0 bridgehead atoms. The van der Waals surface area contributed by atoms with Crippen molar-refractivity contribution in [3.05, 3.63) is 46.6 Å². The second kappa shape index (κ2) is 4.43. The Morgan fingerprint density at radius 2 is 2.00 bits per heavy atom. The van der Waals surface area contributed by atoms with Gasteiger partial charge in [0.25, 0.3) is 0 Å². The molecule has 2 aromatic heterocycles. The fraction of sp³-hybridized carbons (Fsp3) is 0.312. The number of hydrogen-bond donors (Lipinski definition) is 0. The van der Waals surface area contributed by atoms with E-state index in [1.807, 2.05) is 11.3 Å². The molecule has 3 heterocycles. The predicted molar refractivity (Wildman–Crippen MR) is 83.3 cm³/mol. The van der Waals surface area contributed by atoms with Crippen LogP contribution in [0.1, 0.15) is 16.1 Å². The largest absolute Gasteiger partial charge is 0.301 e. The summed E-state index contributed by atoms with van der Waals surface area (Å²) in [6.45, 7) is 4.31. The lowest BCUT2D eigenvalue weighted by atomic mass is 10.1. The number of aryl methyl sites for hydroxylation is 1. The zero-order chi connectivity index (χ0) is 13.7. The molecule has 102 valence electrons. The van der Waals surface area contributed by atoms with Gasteiger partial charge in [-0.3, -0.25) is 4.40 Å². The highest BCUT2D eigenvalue weighted by atomic mass is 32.1. The predicted octanol–water partition coefficient (Wildman–Crippen LogP) is 3.36. The monoisotopic (exact) mass is 283 g/mol. The Morgan fingerprint density at radius 1 is 1.20 bits per heavy atom. The number of likely N-dealkylation sites (N-methyl/N-ethyl adjacent to an activating group) is 1. The second-order valence-electron chi connectivity index (χ2n) is 5.60. The van der Waals surface area contributed by atoms with Crippen molar-refractivity contribution in [2.75, 3.05) is 13.6 Å². The van der Waals surface area contributed by atoms with Gasteiger partial charge in [-0.25, -0.2) is 4.98 Å². The molecule has 1 aliphatic rings. The van der Waals surface area contributed by atoms with Crippen LogP contribution < -0.4 is 0 Å². The molecule has 0 amide bonds. The summed E-state index contributed by atoms with van der Waals surface area (Å²) in [7, 11) is 2.18. The van der Waals surface area contributed by atoms with Crippen molar-refractivity contribution in [1.82, 2.24) is 14.3 Å². The summed E-state index contributed by atoms with van der Waals surface area (Å²) in [6, 6.07) is 8.60. The molecule has 3 nitrogen and oxygen atoms in total. The van der Waals surface area contributed by atoms with Gasteiger partial charge in [-0.1, -0.05) is 41.2 Å². The van der Waals surface area contributed by atoms with Gasteiger partial charge in [0.15, 0.2) is 4.96 Å². The molecule has 20 heavy (non-hydrogen) atoms. The van der Waals surface area contributed by atoms with Gasteiger partial charge in [-0.05, 0) is 14.0 Å². The lowest BCUT2D eigenvalue weighted by Crippen LogP contribution is -2.26. The highest BCUT2D eigenvalue weighted by Gasteiger charge is 2.20. The van der Waals surface area contributed by atoms with E-state index in [4.69, 9.17) is 4.98 Å². The van der Waals surface area contributed by atoms with E-state index in [1.54, 1.807) is 0 Å². The number of fused-ring (bicyclic) bond motifs is 3. The van der Waals surface area contributed by atoms with Crippen molar-refractivity contribution in [3.8, 4) is 11.3 Å². The number of thiazole rings is 1. The van der Waals surface area contributed by atoms with Crippen molar-refractivity contribution in [2.45, 2.75) is 19.9 Å². The summed E-state index contributed by atoms with van der Waals surface area (Å²) < 4.78 is 2.29. The first-order valence-corrected chi connectivity index (χ1v) is 7.77. The highest BCUT2D eigenvalue weighted by molar-refractivity contribution is 7.17. The van der Waals surface area contributed by atoms with E-state index in [0.717, 1.165) is 30.2 Å². The fourth-order valence-electron chi connectivity index (χ4n) is 2.80. The van der Waals surface area contributed by atoms with Gasteiger partial charge in [0.05, 0.1) is 5.69 Å². The van der Waals surface area contributed by atoms with Crippen molar-refractivity contribution in [2.24, 2.45) is 0 Å². The minimum atomic E-state index is 1.06. The van der Waals surface area contributed by atoms with E-state index in [9.17, 15) is 0 Å². The molecule has 0 saturated heterocycles. The number of aromatic nitrogens is 2. The maximum Gasteiger partial charge on any atom is 0.194 e. The Hall–Kier alpha value is -1.65. The molecule has 3 aromatic rings. The lowest BCUT2D eigenvalue weighted by Gasteiger charge is -2.21. The van der Waals surface area contributed by atoms with E-state index in [-0.39, 0.29) is 0 Å². The average Bonchev–Trinajstić information content (AvgIpc) is 2.96. The molecule has 0 fully saturated rings. The van der Waals surface area contributed by atoms with E-state index in [1.165, 1.54) is 21.7 Å². The second-order valence-corrected chi connectivity index (χ2v) is 6.67. The van der Waals surface area contributed by atoms with Crippen LogP contribution >= 0.6 is 11.3 Å². The normalized spacial score (nSPS) is 15.7. The molecular formula is C16H17N3S. The van der Waals surface area contributed by atoms with Crippen molar-refractivity contribution < 1.29 is 0 Å². The van der Waals surface area contributed by atoms with Crippen LogP contribution in [0, 0.1) is 6.92 Å². The maximum absolute atomic E-state index is 4.81. The first-order chi connectivity index (χ1) is 9.70. The fourth-order valence-corrected chi connectivity index (χ4v) is 4.03. The third-order valence-corrected chi connectivity index (χ3v) is 5.07. The van der Waals surface area contributed by atoms with Crippen LogP contribution in [-0.4, -0.2) is 27.9 Å². The van der Waals surface area contributed by atoms with E-state index < -0.39 is 0 Å². The summed E-state index contributed by atoms with van der Waals surface area (Å²) in [5.74, 6) is 0. The van der Waals surface area contributed by atoms with Gasteiger partial charge in [0, 0.05) is 41.8 Å². The summed E-state index contributed by atoms with van der Waals surface area (Å²) in [5, 5.41) is 0. The van der Waals surface area contributed by atoms with Crippen molar-refractivity contribution in [3.63, 3.8) is 0 Å². The van der Waals surface area contributed by atoms with Crippen molar-refractivity contribution in [1.29, 1.82) is 0 Å². The molecule has 0 aliphatic carbocycles. The molecule has 4 heteroatoms. The molecule has 0 atom stereocenters. The number of nitrogens with zero attached hydrogens (tertiary/aromatic N) is 3. The van der Waals surface area contributed by atoms with Crippen LogP contribution in [0.5, 0.6) is 0 Å². The SMILES string of the molecule is Cc1ccc(-c2cn3c4c(sc3n2)CN(C)CC4)cc1. The van der Waals surface area contributed by atoms with E-state index in [2.05, 4.69) is 53.7 Å². The third-order valence-electron chi connectivity index (χ3n) is 3.99. The minimum Gasteiger partial charge on any atom is -0.301 e. The van der Waals surface area contributed by atoms with Gasteiger partial charge in [0.1, 0.15) is 0 Å². The summed E-state index contributed by atoms with van der Waals surface area (Å²) >= 11 is 1.83. The smallest absolute Gasteiger partial charge is 0.194 e. The van der Waals surface area contributed by atoms with E-state index in [0.29, 0.717) is 0 Å². The topological polar surface area (TPSA) is 20.5 Å². The quantitative estimate of drug-likeness (QED) is 0.682. The van der Waals surface area contributed by atoms with Crippen LogP contribution in [0.25, 0.3) is 16.2 Å². The third kappa shape index (κ3) is 1.87. The standard InChI is InChI=1S/C16H17N3S/c1-11-3-5-12(6-4-11)13-9-19-14-7-8-18(2)10-15(14)20-16(19)17-13/h3-6,9H,7-8,10H2,1-2H3. The molecule has 0 unspecified atom stereocenters. The number of benzene rings is 1. The summed E-state index contributed by atoms with van der Waals surface area (Å²) in [5.41, 5.74) is 5.02. The Morgan fingerprint density at radius 3 is 2.80 bits per heavy atom. The first kappa shape index (κ1) is 12.1. The van der Waals surface area contributed by atoms with E-state index >= 15 is 0 Å². The summed E-state index contributed by atoms with van der Waals surface area (Å²) in [4.78, 5) is 9.77. The highest BCUT2D eigenvalue weighted by Crippen LogP contribution is 2.30. The number of hydrogen-bond acceptors (Lipinski definition) is 3. The van der Waals surface area contributed by atoms with Gasteiger partial charge >= 0.3 is 0 Å². The molecular weight excluding hydrogens is 266 g/mol. The zero-order valence-corrected chi connectivity index (χ0v) is 12.6. The molecule has 4 rings (SSSR count). The Bertz CT molecular complexity index is 767. The molecule has 0 N–H and O–H groups in total. The Balaban J connectivity index is 1.80.